The van der Waals surface area contributed by atoms with Crippen molar-refractivity contribution in [2.45, 2.75) is 272 Å². The molecule has 0 amide bonds. The van der Waals surface area contributed by atoms with Gasteiger partial charge in [-0.15, -0.1) is 0 Å². The van der Waals surface area contributed by atoms with Crippen LogP contribution in [0.1, 0.15) is 113 Å². The third kappa shape index (κ3) is 12.3. The molecule has 5 aliphatic heterocycles. The predicted octanol–water partition coefficient (Wildman–Crippen LogP) is -3.53. The summed E-state index contributed by atoms with van der Waals surface area (Å²) in [4.78, 5) is 15.5. The number of ether oxygens (including phenoxy) is 10. The van der Waals surface area contributed by atoms with Crippen molar-refractivity contribution in [1.82, 2.24) is 0 Å². The van der Waals surface area contributed by atoms with Crippen LogP contribution in [0.3, 0.4) is 0 Å². The van der Waals surface area contributed by atoms with Crippen molar-refractivity contribution < 1.29 is 134 Å². The molecule has 0 aromatic rings. The molecule has 0 aromatic carbocycles. The second-order valence-corrected chi connectivity index (χ2v) is 28.0. The summed E-state index contributed by atoms with van der Waals surface area (Å²) in [5.41, 5.74) is -2.23. The Kier molecular flexibility index (Phi) is 21.1. The van der Waals surface area contributed by atoms with Gasteiger partial charge in [0.15, 0.2) is 31.5 Å². The monoisotopic (exact) mass is 1240 g/mol. The lowest BCUT2D eigenvalue weighted by Crippen LogP contribution is -2.67. The number of fused-ring (bicyclic) bond motifs is 5. The summed E-state index contributed by atoms with van der Waals surface area (Å²) >= 11 is 0. The zero-order valence-corrected chi connectivity index (χ0v) is 50.4. The zero-order valence-electron chi connectivity index (χ0n) is 50.4. The molecule has 27 heteroatoms. The van der Waals surface area contributed by atoms with Crippen LogP contribution in [0, 0.1) is 45.3 Å². The largest absolute Gasteiger partial charge is 0.394 e. The minimum Gasteiger partial charge on any atom is -0.394 e. The third-order valence-corrected chi connectivity index (χ3v) is 22.4. The van der Waals surface area contributed by atoms with Crippen LogP contribution >= 0.6 is 0 Å². The minimum absolute atomic E-state index is 0.0698. The van der Waals surface area contributed by atoms with E-state index in [2.05, 4.69) is 40.7 Å². The average Bonchev–Trinajstić information content (AvgIpc) is 1.22. The second kappa shape index (κ2) is 26.4. The topological polar surface area (TPSA) is 433 Å². The smallest absolute Gasteiger partial charge is 0.187 e. The molecule has 9 aliphatic rings. The summed E-state index contributed by atoms with van der Waals surface area (Å²) in [7, 11) is 0. The Morgan fingerprint density at radius 1 is 0.558 bits per heavy atom. The summed E-state index contributed by atoms with van der Waals surface area (Å²) in [6.07, 6.45) is -33.0. The molecule has 496 valence electrons. The molecule has 5 heterocycles. The van der Waals surface area contributed by atoms with Crippen molar-refractivity contribution in [1.29, 1.82) is 0 Å². The van der Waals surface area contributed by atoms with Crippen LogP contribution in [0.4, 0.5) is 0 Å². The summed E-state index contributed by atoms with van der Waals surface area (Å²) in [6.45, 7) is 13.8. The van der Waals surface area contributed by atoms with Gasteiger partial charge in [-0.2, -0.15) is 0 Å². The van der Waals surface area contributed by atoms with Crippen molar-refractivity contribution in [2.75, 3.05) is 33.0 Å². The Hall–Kier alpha value is -1.63. The number of hydrogen-bond donors (Lipinski definition) is 16. The maximum absolute atomic E-state index is 15.5. The molecule has 4 aliphatic carbocycles. The van der Waals surface area contributed by atoms with Crippen molar-refractivity contribution in [2.24, 2.45) is 45.3 Å². The highest BCUT2D eigenvalue weighted by atomic mass is 16.8. The third-order valence-electron chi connectivity index (χ3n) is 22.4. The minimum atomic E-state index is -1.90. The van der Waals surface area contributed by atoms with Gasteiger partial charge in [0.05, 0.1) is 44.7 Å². The van der Waals surface area contributed by atoms with E-state index < -0.39 is 219 Å². The lowest BCUT2D eigenvalue weighted by atomic mass is 9.35. The summed E-state index contributed by atoms with van der Waals surface area (Å²) in [6, 6.07) is 0. The molecule has 9 rings (SSSR count). The van der Waals surface area contributed by atoms with Crippen LogP contribution in [0.25, 0.3) is 0 Å². The normalized spacial score (nSPS) is 52.1. The Balaban J connectivity index is 0.939. The first-order chi connectivity index (χ1) is 40.3. The lowest BCUT2D eigenvalue weighted by molar-refractivity contribution is -0.381. The lowest BCUT2D eigenvalue weighted by Gasteiger charge is -2.69. The number of ketones is 1. The van der Waals surface area contributed by atoms with Gasteiger partial charge in [-0.05, 0) is 112 Å². The van der Waals surface area contributed by atoms with E-state index in [1.54, 1.807) is 0 Å². The highest BCUT2D eigenvalue weighted by Crippen LogP contribution is 2.75. The number of aliphatic hydroxyl groups is 16. The summed E-state index contributed by atoms with van der Waals surface area (Å²) in [5.74, 6) is -1.04. The first-order valence-electron chi connectivity index (χ1n) is 30.7. The summed E-state index contributed by atoms with van der Waals surface area (Å²) < 4.78 is 60.6. The Bertz CT molecular complexity index is 2310. The SMILES string of the molecule is CC(C)=CCCC(C)(OC1OC(COC2OC(CO)C(O)C(O)C2O)C(O)C(O)C1O)C1CCC2(C)C1C(=O)CC1C3(C)CCC(OC4OC(COC5OCC(O)C(O)C5O)C(O)C(O)C4OC4OC(CO)C(O)C(O)C4O)C(C)(C)C3CCC12C. The van der Waals surface area contributed by atoms with Crippen LogP contribution < -0.4 is 0 Å². The molecule has 27 nitrogen and oxygen atoms in total. The fourth-order valence-corrected chi connectivity index (χ4v) is 17.0. The van der Waals surface area contributed by atoms with Crippen molar-refractivity contribution in [3.63, 3.8) is 0 Å². The number of rotatable bonds is 18. The van der Waals surface area contributed by atoms with Gasteiger partial charge in [-0.25, -0.2) is 0 Å². The molecule has 0 bridgehead atoms. The molecule has 0 radical (unpaired) electrons. The van der Waals surface area contributed by atoms with E-state index in [0.29, 0.717) is 44.9 Å². The first-order valence-corrected chi connectivity index (χ1v) is 30.7. The van der Waals surface area contributed by atoms with Gasteiger partial charge in [0.1, 0.15) is 122 Å². The average molecular weight is 1240 g/mol. The van der Waals surface area contributed by atoms with Gasteiger partial charge < -0.3 is 129 Å². The van der Waals surface area contributed by atoms with Gasteiger partial charge in [0.25, 0.3) is 0 Å². The second-order valence-electron chi connectivity index (χ2n) is 28.0. The van der Waals surface area contributed by atoms with E-state index in [0.717, 1.165) is 12.0 Å². The highest BCUT2D eigenvalue weighted by Gasteiger charge is 2.72. The molecule has 5 saturated heterocycles. The Morgan fingerprint density at radius 3 is 1.67 bits per heavy atom. The van der Waals surface area contributed by atoms with E-state index in [4.69, 9.17) is 47.4 Å². The van der Waals surface area contributed by atoms with Crippen LogP contribution in [-0.4, -0.2) is 280 Å². The quantitative estimate of drug-likeness (QED) is 0.0467. The molecule has 4 saturated carbocycles. The van der Waals surface area contributed by atoms with Crippen LogP contribution in [0.15, 0.2) is 11.6 Å². The Labute approximate surface area is 500 Å². The number of Topliss-reactive ketones (excluding diaryl/α,β-unsaturated/α-hetero) is 1. The van der Waals surface area contributed by atoms with Gasteiger partial charge >= 0.3 is 0 Å². The molecule has 33 atom stereocenters. The number of carbonyl (C=O) groups excluding carboxylic acids is 1. The van der Waals surface area contributed by atoms with E-state index >= 15 is 4.79 Å². The molecule has 33 unspecified atom stereocenters. The van der Waals surface area contributed by atoms with Gasteiger partial charge in [0.2, 0.25) is 0 Å². The fourth-order valence-electron chi connectivity index (χ4n) is 17.0. The van der Waals surface area contributed by atoms with Crippen molar-refractivity contribution in [3.8, 4) is 0 Å². The van der Waals surface area contributed by atoms with Gasteiger partial charge in [-0.1, -0.05) is 46.3 Å². The molecule has 9 fully saturated rings. The molecular formula is C59H98O27. The van der Waals surface area contributed by atoms with Crippen molar-refractivity contribution >= 4 is 5.78 Å². The number of hydrogen-bond acceptors (Lipinski definition) is 27. The van der Waals surface area contributed by atoms with Gasteiger partial charge in [-0.3, -0.25) is 4.79 Å². The number of allylic oxidation sites excluding steroid dienone is 2. The Morgan fingerprint density at radius 2 is 1.07 bits per heavy atom. The number of aliphatic hydroxyl groups excluding tert-OH is 16. The van der Waals surface area contributed by atoms with Gasteiger partial charge in [0, 0.05) is 12.3 Å². The maximum Gasteiger partial charge on any atom is 0.187 e. The maximum atomic E-state index is 15.5. The van der Waals surface area contributed by atoms with Crippen molar-refractivity contribution in [3.05, 3.63) is 11.6 Å². The predicted molar refractivity (Wildman–Crippen MR) is 292 cm³/mol. The number of carbonyl (C=O) groups is 1. The van der Waals surface area contributed by atoms with E-state index in [-0.39, 0.29) is 30.6 Å². The van der Waals surface area contributed by atoms with E-state index in [1.807, 2.05) is 20.8 Å². The van der Waals surface area contributed by atoms with Crippen LogP contribution in [0.5, 0.6) is 0 Å². The highest BCUT2D eigenvalue weighted by molar-refractivity contribution is 5.84. The summed E-state index contributed by atoms with van der Waals surface area (Å²) in [5, 5.41) is 172. The molecule has 86 heavy (non-hydrogen) atoms. The first kappa shape index (κ1) is 68.7. The van der Waals surface area contributed by atoms with E-state index in [1.165, 1.54) is 0 Å². The zero-order chi connectivity index (χ0) is 63.1. The molecule has 0 spiro atoms. The fraction of sp³-hybridized carbons (Fsp3) is 0.949. The standard InChI is InChI=1S/C59H98O27/c1-24(2)10-9-14-59(8,86-53-48(76)43(71)39(67)30(82-53)23-79-51-46(74)41(69)37(65)28(19-60)80-51)25-11-16-58(7)35(25)26(62)18-33-56(5)15-13-34(55(3,4)32(56)12-17-57(33,58)6)84-54-49(85-52-47(75)42(70)38(66)29(20-61)81-52)44(72)40(68)31(83-54)22-78-50-45(73)36(64)27(63)21-77-50/h10,25,27-54,60-61,63-76H,9,11-23H2,1-8H3. The van der Waals surface area contributed by atoms with E-state index in [9.17, 15) is 81.7 Å². The van der Waals surface area contributed by atoms with Crippen LogP contribution in [0.2, 0.25) is 0 Å². The van der Waals surface area contributed by atoms with Crippen LogP contribution in [-0.2, 0) is 52.2 Å². The molecule has 16 N–H and O–H groups in total. The molecular weight excluding hydrogens is 1140 g/mol. The molecule has 0 aromatic heterocycles.